The molecule has 12 nitrogen and oxygen atoms in total. The summed E-state index contributed by atoms with van der Waals surface area (Å²) in [5.74, 6) is -0.531. The van der Waals surface area contributed by atoms with E-state index in [9.17, 15) is 19.2 Å². The quantitative estimate of drug-likeness (QED) is 0.269. The molecule has 0 atom stereocenters. The van der Waals surface area contributed by atoms with E-state index in [2.05, 4.69) is 48.5 Å². The molecule has 1 saturated heterocycles. The molecule has 2 aromatic rings. The zero-order chi connectivity index (χ0) is 30.6. The van der Waals surface area contributed by atoms with Crippen molar-refractivity contribution in [2.24, 2.45) is 0 Å². The Hall–Kier alpha value is -3.80. The highest BCUT2D eigenvalue weighted by molar-refractivity contribution is 5.89. The Morgan fingerprint density at radius 1 is 0.976 bits per heavy atom. The lowest BCUT2D eigenvalue weighted by atomic mass is 9.95. The molecular formula is C29H44N6O6. The summed E-state index contributed by atoms with van der Waals surface area (Å²) in [5, 5.41) is 15.6. The number of rotatable bonds is 11. The lowest BCUT2D eigenvalue weighted by Crippen LogP contribution is -2.47. The highest BCUT2D eigenvalue weighted by Crippen LogP contribution is 2.23. The SMILES string of the molecule is CCCc1cc(N2CCN(CCCCn3cc(CC)c(=O)[nH]c3=O)CC2)nc(C(C)(C)C)n1.O=C(O)C=CC(=O)O. The third-order valence-corrected chi connectivity index (χ3v) is 6.60. The first-order chi connectivity index (χ1) is 19.3. The van der Waals surface area contributed by atoms with Crippen LogP contribution in [0.1, 0.15) is 71.0 Å². The zero-order valence-electron chi connectivity index (χ0n) is 24.9. The number of aliphatic carboxylic acids is 2. The van der Waals surface area contributed by atoms with Crippen molar-refractivity contribution >= 4 is 17.8 Å². The number of piperazine rings is 1. The normalized spacial score (nSPS) is 14.1. The van der Waals surface area contributed by atoms with Crippen molar-refractivity contribution in [3.63, 3.8) is 0 Å². The van der Waals surface area contributed by atoms with Gasteiger partial charge in [0.2, 0.25) is 0 Å². The number of H-pyrrole nitrogens is 1. The van der Waals surface area contributed by atoms with Crippen molar-refractivity contribution in [2.45, 2.75) is 78.7 Å². The molecule has 0 unspecified atom stereocenters. The van der Waals surface area contributed by atoms with Gasteiger partial charge in [0.1, 0.15) is 11.6 Å². The molecule has 226 valence electrons. The molecule has 3 heterocycles. The number of unbranched alkanes of at least 4 members (excludes halogenated alkanes) is 1. The molecule has 3 N–H and O–H groups in total. The number of anilines is 1. The van der Waals surface area contributed by atoms with Crippen molar-refractivity contribution in [3.05, 3.63) is 62.3 Å². The maximum Gasteiger partial charge on any atom is 0.328 e. The van der Waals surface area contributed by atoms with E-state index in [1.807, 2.05) is 6.92 Å². The summed E-state index contributed by atoms with van der Waals surface area (Å²) in [4.78, 5) is 59.9. The summed E-state index contributed by atoms with van der Waals surface area (Å²) in [5.41, 5.74) is 1.15. The predicted molar refractivity (Wildman–Crippen MR) is 158 cm³/mol. The van der Waals surface area contributed by atoms with Gasteiger partial charge < -0.3 is 19.7 Å². The summed E-state index contributed by atoms with van der Waals surface area (Å²) in [7, 11) is 0. The van der Waals surface area contributed by atoms with Gasteiger partial charge in [-0.2, -0.15) is 0 Å². The van der Waals surface area contributed by atoms with Gasteiger partial charge >= 0.3 is 17.6 Å². The molecule has 2 aromatic heterocycles. The summed E-state index contributed by atoms with van der Waals surface area (Å²) in [6.07, 6.45) is 7.45. The standard InChI is InChI=1S/C25H40N6O2.C4H4O4/c1-6-10-20-17-21(27-23(26-20)25(3,4)5)30-15-13-29(14-16-30)11-8-9-12-31-18-19(7-2)22(32)28-24(31)33;5-3(6)1-2-4(7)8/h17-18H,6-16H2,1-5H3,(H,28,32,33);1-2H,(H,5,6)(H,7,8). The Morgan fingerprint density at radius 3 is 2.12 bits per heavy atom. The molecule has 3 rings (SSSR count). The molecule has 12 heteroatoms. The van der Waals surface area contributed by atoms with Gasteiger partial charge in [-0.1, -0.05) is 41.0 Å². The number of carboxylic acids is 2. The van der Waals surface area contributed by atoms with Gasteiger partial charge in [-0.05, 0) is 32.2 Å². The molecule has 1 aliphatic rings. The largest absolute Gasteiger partial charge is 0.478 e. The number of hydrogen-bond donors (Lipinski definition) is 3. The van der Waals surface area contributed by atoms with Gasteiger partial charge in [0.25, 0.3) is 5.56 Å². The minimum Gasteiger partial charge on any atom is -0.478 e. The van der Waals surface area contributed by atoms with E-state index in [-0.39, 0.29) is 16.7 Å². The Morgan fingerprint density at radius 2 is 1.59 bits per heavy atom. The Labute approximate surface area is 240 Å². The van der Waals surface area contributed by atoms with Crippen LogP contribution in [-0.2, 0) is 34.4 Å². The van der Waals surface area contributed by atoms with E-state index in [0.717, 1.165) is 75.7 Å². The maximum atomic E-state index is 12.0. The molecule has 0 aliphatic carbocycles. The summed E-state index contributed by atoms with van der Waals surface area (Å²) >= 11 is 0. The van der Waals surface area contributed by atoms with Crippen LogP contribution in [0.2, 0.25) is 0 Å². The molecule has 0 radical (unpaired) electrons. The topological polar surface area (TPSA) is 162 Å². The molecule has 1 fully saturated rings. The monoisotopic (exact) mass is 572 g/mol. The van der Waals surface area contributed by atoms with Crippen molar-refractivity contribution < 1.29 is 19.8 Å². The molecule has 0 amide bonds. The van der Waals surface area contributed by atoms with Gasteiger partial charge in [0.15, 0.2) is 0 Å². The number of aromatic amines is 1. The van der Waals surface area contributed by atoms with Crippen LogP contribution in [0, 0.1) is 0 Å². The maximum absolute atomic E-state index is 12.0. The van der Waals surface area contributed by atoms with Gasteiger partial charge in [-0.3, -0.25) is 14.7 Å². The van der Waals surface area contributed by atoms with Crippen LogP contribution in [0.25, 0.3) is 0 Å². The minimum atomic E-state index is -1.26. The average molecular weight is 573 g/mol. The molecule has 1 aliphatic heterocycles. The van der Waals surface area contributed by atoms with Gasteiger partial charge in [0, 0.05) is 73.8 Å². The number of nitrogens with zero attached hydrogens (tertiary/aromatic N) is 5. The Balaban J connectivity index is 0.000000642. The Bertz CT molecular complexity index is 1290. The lowest BCUT2D eigenvalue weighted by Gasteiger charge is -2.36. The highest BCUT2D eigenvalue weighted by Gasteiger charge is 2.23. The number of carbonyl (C=O) groups is 2. The molecule has 41 heavy (non-hydrogen) atoms. The van der Waals surface area contributed by atoms with Crippen LogP contribution < -0.4 is 16.1 Å². The summed E-state index contributed by atoms with van der Waals surface area (Å²) in [6, 6.07) is 2.17. The second kappa shape index (κ2) is 15.8. The van der Waals surface area contributed by atoms with E-state index >= 15 is 0 Å². The lowest BCUT2D eigenvalue weighted by molar-refractivity contribution is -0.134. The van der Waals surface area contributed by atoms with Crippen LogP contribution in [0.5, 0.6) is 0 Å². The fourth-order valence-electron chi connectivity index (χ4n) is 4.30. The smallest absolute Gasteiger partial charge is 0.328 e. The van der Waals surface area contributed by atoms with Crippen LogP contribution in [0.4, 0.5) is 5.82 Å². The van der Waals surface area contributed by atoms with E-state index < -0.39 is 11.9 Å². The van der Waals surface area contributed by atoms with Crippen LogP contribution in [-0.4, -0.2) is 79.3 Å². The second-order valence-corrected chi connectivity index (χ2v) is 11.0. The summed E-state index contributed by atoms with van der Waals surface area (Å²) in [6.45, 7) is 16.2. The first-order valence-electron chi connectivity index (χ1n) is 14.2. The predicted octanol–water partition coefficient (Wildman–Crippen LogP) is 2.45. The number of nitrogens with one attached hydrogen (secondary N) is 1. The number of hydrogen-bond acceptors (Lipinski definition) is 8. The summed E-state index contributed by atoms with van der Waals surface area (Å²) < 4.78 is 1.63. The molecular weight excluding hydrogens is 528 g/mol. The van der Waals surface area contributed by atoms with E-state index in [0.29, 0.717) is 30.7 Å². The van der Waals surface area contributed by atoms with Crippen LogP contribution in [0.15, 0.2) is 34.0 Å². The fourth-order valence-corrected chi connectivity index (χ4v) is 4.30. The van der Waals surface area contributed by atoms with Gasteiger partial charge in [0.05, 0.1) is 0 Å². The van der Waals surface area contributed by atoms with Crippen LogP contribution in [0.3, 0.4) is 0 Å². The molecule has 0 spiro atoms. The van der Waals surface area contributed by atoms with Gasteiger partial charge in [-0.15, -0.1) is 0 Å². The van der Waals surface area contributed by atoms with Crippen molar-refractivity contribution in [3.8, 4) is 0 Å². The van der Waals surface area contributed by atoms with E-state index in [1.165, 1.54) is 0 Å². The van der Waals surface area contributed by atoms with Crippen molar-refractivity contribution in [1.82, 2.24) is 24.4 Å². The van der Waals surface area contributed by atoms with Gasteiger partial charge in [-0.25, -0.2) is 24.4 Å². The van der Waals surface area contributed by atoms with E-state index in [1.54, 1.807) is 10.8 Å². The van der Waals surface area contributed by atoms with Crippen molar-refractivity contribution in [2.75, 3.05) is 37.6 Å². The fraction of sp³-hybridized carbons (Fsp3) is 0.586. The first kappa shape index (κ1) is 33.4. The number of aromatic nitrogens is 4. The molecule has 0 aromatic carbocycles. The number of carboxylic acid groups (broad SMARTS) is 2. The average Bonchev–Trinajstić information content (AvgIpc) is 2.91. The molecule has 0 bridgehead atoms. The zero-order valence-corrected chi connectivity index (χ0v) is 24.9. The third kappa shape index (κ3) is 11.3. The highest BCUT2D eigenvalue weighted by atomic mass is 16.4. The third-order valence-electron chi connectivity index (χ3n) is 6.60. The Kier molecular flexibility index (Phi) is 12.9. The van der Waals surface area contributed by atoms with Crippen molar-refractivity contribution in [1.29, 1.82) is 0 Å². The second-order valence-electron chi connectivity index (χ2n) is 11.0. The number of aryl methyl sites for hydroxylation is 3. The van der Waals surface area contributed by atoms with Crippen LogP contribution >= 0.6 is 0 Å². The first-order valence-corrected chi connectivity index (χ1v) is 14.2. The minimum absolute atomic E-state index is 0.0635. The molecule has 0 saturated carbocycles. The van der Waals surface area contributed by atoms with E-state index in [4.69, 9.17) is 20.2 Å².